The monoisotopic (exact) mass is 520 g/mol. The molecule has 190 valence electrons. The van der Waals surface area contributed by atoms with Crippen molar-refractivity contribution < 1.29 is 9.53 Å². The van der Waals surface area contributed by atoms with E-state index >= 15 is 0 Å². The number of nitrogens with zero attached hydrogens (tertiary/aromatic N) is 2. The van der Waals surface area contributed by atoms with Crippen LogP contribution in [0.25, 0.3) is 11.0 Å². The van der Waals surface area contributed by atoms with E-state index in [4.69, 9.17) is 4.74 Å². The molecule has 0 aliphatic carbocycles. The summed E-state index contributed by atoms with van der Waals surface area (Å²) in [7, 11) is 0. The predicted molar refractivity (Wildman–Crippen MR) is 155 cm³/mol. The SMILES string of the molecule is Cc1ccc(OCC(=O)Nc2ccc(Sc3ccc(C)cc3Nc3ccnc4nc(C)ccc34)cc2)cc1. The van der Waals surface area contributed by atoms with Crippen molar-refractivity contribution in [3.63, 3.8) is 0 Å². The van der Waals surface area contributed by atoms with E-state index in [-0.39, 0.29) is 12.5 Å². The van der Waals surface area contributed by atoms with Crippen LogP contribution in [0.1, 0.15) is 16.8 Å². The zero-order valence-electron chi connectivity index (χ0n) is 21.5. The summed E-state index contributed by atoms with van der Waals surface area (Å²) in [6, 6.07) is 27.8. The highest BCUT2D eigenvalue weighted by Gasteiger charge is 2.10. The second-order valence-electron chi connectivity index (χ2n) is 9.08. The number of hydrogen-bond acceptors (Lipinski definition) is 6. The topological polar surface area (TPSA) is 76.1 Å². The van der Waals surface area contributed by atoms with E-state index in [2.05, 4.69) is 51.8 Å². The maximum absolute atomic E-state index is 12.3. The summed E-state index contributed by atoms with van der Waals surface area (Å²) < 4.78 is 5.57. The first-order valence-corrected chi connectivity index (χ1v) is 13.1. The minimum absolute atomic E-state index is 0.0449. The molecule has 1 amide bonds. The highest BCUT2D eigenvalue weighted by atomic mass is 32.2. The summed E-state index contributed by atoms with van der Waals surface area (Å²) in [6.45, 7) is 6.01. The molecule has 0 atom stereocenters. The third kappa shape index (κ3) is 6.30. The van der Waals surface area contributed by atoms with E-state index in [1.54, 1.807) is 18.0 Å². The summed E-state index contributed by atoms with van der Waals surface area (Å²) in [5, 5.41) is 7.46. The fourth-order valence-electron chi connectivity index (χ4n) is 3.92. The Morgan fingerprint density at radius 2 is 1.61 bits per heavy atom. The second-order valence-corrected chi connectivity index (χ2v) is 10.2. The van der Waals surface area contributed by atoms with Crippen molar-refractivity contribution in [2.24, 2.45) is 0 Å². The first kappa shape index (κ1) is 25.3. The minimum Gasteiger partial charge on any atom is -0.484 e. The van der Waals surface area contributed by atoms with Crippen LogP contribution in [-0.4, -0.2) is 22.5 Å². The van der Waals surface area contributed by atoms with E-state index in [1.165, 1.54) is 0 Å². The van der Waals surface area contributed by atoms with Gasteiger partial charge in [0, 0.05) is 32.8 Å². The van der Waals surface area contributed by atoms with Crippen LogP contribution in [0, 0.1) is 20.8 Å². The van der Waals surface area contributed by atoms with Crippen LogP contribution in [-0.2, 0) is 4.79 Å². The van der Waals surface area contributed by atoms with Crippen LogP contribution in [0.3, 0.4) is 0 Å². The predicted octanol–water partition coefficient (Wildman–Crippen LogP) is 7.47. The van der Waals surface area contributed by atoms with E-state index in [9.17, 15) is 4.79 Å². The summed E-state index contributed by atoms with van der Waals surface area (Å²) in [5.74, 6) is 0.469. The molecule has 0 saturated heterocycles. The fourth-order valence-corrected chi connectivity index (χ4v) is 4.80. The number of rotatable bonds is 8. The van der Waals surface area contributed by atoms with Gasteiger partial charge in [-0.25, -0.2) is 9.97 Å². The van der Waals surface area contributed by atoms with Gasteiger partial charge >= 0.3 is 0 Å². The smallest absolute Gasteiger partial charge is 0.262 e. The van der Waals surface area contributed by atoms with Crippen molar-refractivity contribution in [1.82, 2.24) is 9.97 Å². The van der Waals surface area contributed by atoms with Crippen LogP contribution in [0.5, 0.6) is 5.75 Å². The molecule has 6 nitrogen and oxygen atoms in total. The van der Waals surface area contributed by atoms with Gasteiger partial charge in [-0.05, 0) is 93.1 Å². The lowest BCUT2D eigenvalue weighted by atomic mass is 10.2. The van der Waals surface area contributed by atoms with Crippen LogP contribution < -0.4 is 15.4 Å². The number of carbonyl (C=O) groups excluding carboxylic acids is 1. The number of carbonyl (C=O) groups is 1. The average molecular weight is 521 g/mol. The molecule has 2 aromatic heterocycles. The van der Waals surface area contributed by atoms with Crippen molar-refractivity contribution in [2.45, 2.75) is 30.6 Å². The molecule has 5 rings (SSSR count). The van der Waals surface area contributed by atoms with Gasteiger partial charge in [-0.1, -0.05) is 35.5 Å². The zero-order chi connectivity index (χ0) is 26.5. The Morgan fingerprint density at radius 1 is 0.842 bits per heavy atom. The number of aryl methyl sites for hydroxylation is 3. The first-order valence-electron chi connectivity index (χ1n) is 12.3. The lowest BCUT2D eigenvalue weighted by Gasteiger charge is -2.15. The maximum atomic E-state index is 12.3. The van der Waals surface area contributed by atoms with Gasteiger partial charge in [-0.3, -0.25) is 4.79 Å². The van der Waals surface area contributed by atoms with Gasteiger partial charge in [0.1, 0.15) is 5.75 Å². The standard InChI is InChI=1S/C31H28N4O2S/c1-20-4-10-24(11-5-20)37-19-30(36)34-23-8-12-25(13-9-23)38-29-15-6-21(2)18-28(29)35-27-16-17-32-31-26(27)14-7-22(3)33-31/h4-18H,19H2,1-3H3,(H,34,36)(H,32,33,35). The number of benzene rings is 3. The molecule has 5 aromatic rings. The molecule has 0 aliphatic heterocycles. The maximum Gasteiger partial charge on any atom is 0.262 e. The lowest BCUT2D eigenvalue weighted by Crippen LogP contribution is -2.20. The Bertz CT molecular complexity index is 1580. The number of nitrogens with one attached hydrogen (secondary N) is 2. The van der Waals surface area contributed by atoms with Crippen molar-refractivity contribution in [1.29, 1.82) is 0 Å². The van der Waals surface area contributed by atoms with Gasteiger partial charge in [0.15, 0.2) is 12.3 Å². The Morgan fingerprint density at radius 3 is 2.39 bits per heavy atom. The number of fused-ring (bicyclic) bond motifs is 1. The third-order valence-electron chi connectivity index (χ3n) is 5.90. The van der Waals surface area contributed by atoms with E-state index in [1.807, 2.05) is 74.5 Å². The second kappa shape index (κ2) is 11.4. The quantitative estimate of drug-likeness (QED) is 0.221. The van der Waals surface area contributed by atoms with Crippen molar-refractivity contribution in [3.05, 3.63) is 108 Å². The van der Waals surface area contributed by atoms with Gasteiger partial charge in [0.05, 0.1) is 11.4 Å². The number of pyridine rings is 2. The van der Waals surface area contributed by atoms with Crippen LogP contribution in [0.15, 0.2) is 101 Å². The van der Waals surface area contributed by atoms with Crippen LogP contribution in [0.2, 0.25) is 0 Å². The van der Waals surface area contributed by atoms with Gasteiger partial charge in [0.25, 0.3) is 5.91 Å². The van der Waals surface area contributed by atoms with Crippen molar-refractivity contribution in [3.8, 4) is 5.75 Å². The molecule has 2 N–H and O–H groups in total. The molecule has 0 aliphatic rings. The summed E-state index contributed by atoms with van der Waals surface area (Å²) in [6.07, 6.45) is 1.78. The van der Waals surface area contributed by atoms with E-state index < -0.39 is 0 Å². The summed E-state index contributed by atoms with van der Waals surface area (Å²) >= 11 is 1.66. The fraction of sp³-hybridized carbons (Fsp3) is 0.129. The molecule has 0 bridgehead atoms. The van der Waals surface area contributed by atoms with Crippen LogP contribution >= 0.6 is 11.8 Å². The summed E-state index contributed by atoms with van der Waals surface area (Å²) in [4.78, 5) is 23.4. The first-order chi connectivity index (χ1) is 18.4. The average Bonchev–Trinajstić information content (AvgIpc) is 2.91. The number of ether oxygens (including phenoxy) is 1. The molecule has 38 heavy (non-hydrogen) atoms. The Hall–Kier alpha value is -4.36. The Kier molecular flexibility index (Phi) is 7.56. The zero-order valence-corrected chi connectivity index (χ0v) is 22.3. The largest absolute Gasteiger partial charge is 0.484 e. The number of amides is 1. The van der Waals surface area contributed by atoms with E-state index in [0.717, 1.165) is 54.7 Å². The minimum atomic E-state index is -0.203. The number of aromatic nitrogens is 2. The highest BCUT2D eigenvalue weighted by Crippen LogP contribution is 2.37. The van der Waals surface area contributed by atoms with Crippen molar-refractivity contribution >= 4 is 45.8 Å². The molecule has 3 aromatic carbocycles. The highest BCUT2D eigenvalue weighted by molar-refractivity contribution is 7.99. The molecule has 0 saturated carbocycles. The van der Waals surface area contributed by atoms with Crippen molar-refractivity contribution in [2.75, 3.05) is 17.2 Å². The molecule has 7 heteroatoms. The lowest BCUT2D eigenvalue weighted by molar-refractivity contribution is -0.118. The van der Waals surface area contributed by atoms with Gasteiger partial charge < -0.3 is 15.4 Å². The number of anilines is 3. The Labute approximate surface area is 226 Å². The molecular weight excluding hydrogens is 492 g/mol. The molecule has 0 unspecified atom stereocenters. The van der Waals surface area contributed by atoms with E-state index in [0.29, 0.717) is 5.75 Å². The van der Waals surface area contributed by atoms with Gasteiger partial charge in [-0.15, -0.1) is 0 Å². The molecule has 2 heterocycles. The van der Waals surface area contributed by atoms with Gasteiger partial charge in [0.2, 0.25) is 0 Å². The van der Waals surface area contributed by atoms with Gasteiger partial charge in [-0.2, -0.15) is 0 Å². The number of hydrogen-bond donors (Lipinski definition) is 2. The van der Waals surface area contributed by atoms with Crippen LogP contribution in [0.4, 0.5) is 17.1 Å². The molecular formula is C31H28N4O2S. The third-order valence-corrected chi connectivity index (χ3v) is 6.99. The molecule has 0 radical (unpaired) electrons. The Balaban J connectivity index is 1.26. The summed E-state index contributed by atoms with van der Waals surface area (Å²) in [5.41, 5.74) is 6.66. The molecule has 0 fully saturated rings. The normalized spacial score (nSPS) is 10.8. The molecule has 0 spiro atoms.